The third kappa shape index (κ3) is 3.33. The number of aliphatic hydroxyl groups excluding tert-OH is 1. The second kappa shape index (κ2) is 6.22. The van der Waals surface area contributed by atoms with Crippen molar-refractivity contribution in [3.8, 4) is 5.75 Å². The summed E-state index contributed by atoms with van der Waals surface area (Å²) >= 11 is 0. The number of ether oxygens (including phenoxy) is 1. The molecule has 0 spiro atoms. The lowest BCUT2D eigenvalue weighted by molar-refractivity contribution is 0.303. The molecule has 19 heavy (non-hydrogen) atoms. The van der Waals surface area contributed by atoms with Gasteiger partial charge in [0, 0.05) is 0 Å². The molecule has 2 aromatic carbocycles. The molecule has 0 saturated heterocycles. The molecule has 0 amide bonds. The monoisotopic (exact) mass is 253 g/mol. The van der Waals surface area contributed by atoms with E-state index in [1.54, 1.807) is 18.2 Å². The molecule has 0 atom stereocenters. The first-order valence-electron chi connectivity index (χ1n) is 5.80. The Labute approximate surface area is 111 Å². The fourth-order valence-corrected chi connectivity index (χ4v) is 1.66. The van der Waals surface area contributed by atoms with Crippen LogP contribution in [0.1, 0.15) is 11.1 Å². The molecule has 0 saturated carbocycles. The Bertz CT molecular complexity index is 616. The standard InChI is InChI=1S/C15H12N2O2/c16-17-10-14(18)13-8-4-5-9-15(13)19-11-12-6-2-1-3-7-12/h1-10H,11H2/p+1/b14-10-. The summed E-state index contributed by atoms with van der Waals surface area (Å²) in [4.78, 5) is 2.80. The first-order valence-corrected chi connectivity index (χ1v) is 5.80. The van der Waals surface area contributed by atoms with E-state index in [4.69, 9.17) is 10.1 Å². The fraction of sp³-hybridized carbons (Fsp3) is 0.0667. The second-order valence-corrected chi connectivity index (χ2v) is 3.90. The van der Waals surface area contributed by atoms with Crippen molar-refractivity contribution in [2.45, 2.75) is 6.61 Å². The molecule has 0 unspecified atom stereocenters. The Morgan fingerprint density at radius 3 is 2.53 bits per heavy atom. The van der Waals surface area contributed by atoms with Crippen LogP contribution in [0.25, 0.3) is 10.7 Å². The van der Waals surface area contributed by atoms with Crippen LogP contribution in [-0.4, -0.2) is 5.11 Å². The lowest BCUT2D eigenvalue weighted by atomic mass is 10.1. The number of nitrogens with zero attached hydrogens (tertiary/aromatic N) is 2. The summed E-state index contributed by atoms with van der Waals surface area (Å²) in [5.41, 5.74) is 1.52. The highest BCUT2D eigenvalue weighted by Gasteiger charge is 2.10. The van der Waals surface area contributed by atoms with Gasteiger partial charge in [-0.05, 0) is 17.7 Å². The normalized spacial score (nSPS) is 10.8. The molecule has 0 aromatic heterocycles. The lowest BCUT2D eigenvalue weighted by Gasteiger charge is -2.09. The van der Waals surface area contributed by atoms with Gasteiger partial charge in [-0.25, -0.2) is 0 Å². The number of para-hydroxylation sites is 1. The molecule has 4 heteroatoms. The highest BCUT2D eigenvalue weighted by molar-refractivity contribution is 5.65. The van der Waals surface area contributed by atoms with Gasteiger partial charge in [-0.1, -0.05) is 42.5 Å². The van der Waals surface area contributed by atoms with E-state index in [2.05, 4.69) is 4.98 Å². The molecule has 4 nitrogen and oxygen atoms in total. The number of hydrogen-bond donors (Lipinski definition) is 1. The zero-order valence-corrected chi connectivity index (χ0v) is 10.2. The van der Waals surface area contributed by atoms with Crippen molar-refractivity contribution in [2.75, 3.05) is 0 Å². The van der Waals surface area contributed by atoms with E-state index >= 15 is 0 Å². The smallest absolute Gasteiger partial charge is 0.392 e. The molecule has 0 aliphatic carbocycles. The molecule has 0 aliphatic heterocycles. The van der Waals surface area contributed by atoms with Crippen LogP contribution in [-0.2, 0) is 6.61 Å². The summed E-state index contributed by atoms with van der Waals surface area (Å²) in [5.74, 6) is 0.384. The van der Waals surface area contributed by atoms with Crippen molar-refractivity contribution < 1.29 is 9.84 Å². The Hall–Kier alpha value is -2.80. The molecule has 94 valence electrons. The van der Waals surface area contributed by atoms with E-state index in [0.717, 1.165) is 11.8 Å². The molecule has 0 bridgehead atoms. The molecule has 2 rings (SSSR count). The van der Waals surface area contributed by atoms with E-state index in [0.29, 0.717) is 17.9 Å². The van der Waals surface area contributed by atoms with Crippen molar-refractivity contribution in [3.63, 3.8) is 0 Å². The Morgan fingerprint density at radius 2 is 1.79 bits per heavy atom. The maximum absolute atomic E-state index is 9.73. The fourth-order valence-electron chi connectivity index (χ4n) is 1.66. The van der Waals surface area contributed by atoms with Crippen LogP contribution in [0.2, 0.25) is 0 Å². The predicted octanol–water partition coefficient (Wildman–Crippen LogP) is 3.98. The molecule has 0 aliphatic rings. The molecular formula is C15H13N2O2+. The maximum Gasteiger partial charge on any atom is 0.392 e. The van der Waals surface area contributed by atoms with Crippen LogP contribution < -0.4 is 4.74 Å². The van der Waals surface area contributed by atoms with Crippen LogP contribution in [0.5, 0.6) is 5.75 Å². The highest BCUT2D eigenvalue weighted by atomic mass is 16.5. The zero-order chi connectivity index (χ0) is 13.5. The summed E-state index contributed by atoms with van der Waals surface area (Å²) in [6, 6.07) is 16.8. The van der Waals surface area contributed by atoms with Gasteiger partial charge in [0.2, 0.25) is 11.2 Å². The van der Waals surface area contributed by atoms with E-state index in [9.17, 15) is 5.11 Å². The van der Waals surface area contributed by atoms with E-state index < -0.39 is 0 Å². The minimum Gasteiger partial charge on any atom is -0.501 e. The highest BCUT2D eigenvalue weighted by Crippen LogP contribution is 2.25. The molecule has 0 fully saturated rings. The summed E-state index contributed by atoms with van der Waals surface area (Å²) in [6.07, 6.45) is 0.963. The molecule has 2 aromatic rings. The zero-order valence-electron chi connectivity index (χ0n) is 10.2. The first kappa shape index (κ1) is 12.7. The Balaban J connectivity index is 2.17. The summed E-state index contributed by atoms with van der Waals surface area (Å²) in [5, 5.41) is 18.2. The van der Waals surface area contributed by atoms with Gasteiger partial charge < -0.3 is 9.84 Å². The molecule has 0 radical (unpaired) electrons. The molecular weight excluding hydrogens is 240 g/mol. The van der Waals surface area contributed by atoms with Gasteiger partial charge in [-0.2, -0.15) is 0 Å². The van der Waals surface area contributed by atoms with Crippen molar-refractivity contribution in [3.05, 3.63) is 76.9 Å². The Kier molecular flexibility index (Phi) is 4.14. The summed E-state index contributed by atoms with van der Waals surface area (Å²) in [7, 11) is 0. The Morgan fingerprint density at radius 1 is 1.11 bits per heavy atom. The van der Waals surface area contributed by atoms with Crippen LogP contribution in [0.3, 0.4) is 0 Å². The minimum atomic E-state index is -0.147. The van der Waals surface area contributed by atoms with Gasteiger partial charge in [0.05, 0.1) is 5.56 Å². The van der Waals surface area contributed by atoms with E-state index in [1.807, 2.05) is 36.4 Å². The number of aliphatic hydroxyl groups is 1. The summed E-state index contributed by atoms with van der Waals surface area (Å²) in [6.45, 7) is 0.404. The average Bonchev–Trinajstić information content (AvgIpc) is 2.47. The third-order valence-electron chi connectivity index (χ3n) is 2.58. The van der Waals surface area contributed by atoms with Crippen LogP contribution in [0, 0.1) is 5.39 Å². The van der Waals surface area contributed by atoms with E-state index in [-0.39, 0.29) is 5.76 Å². The SMILES string of the molecule is N#[N+]/C=C(\O)c1ccccc1OCc1ccccc1. The van der Waals surface area contributed by atoms with Crippen LogP contribution in [0.4, 0.5) is 0 Å². The average molecular weight is 253 g/mol. The molecule has 0 heterocycles. The number of benzene rings is 2. The first-order chi connectivity index (χ1) is 9.31. The third-order valence-corrected chi connectivity index (χ3v) is 2.58. The maximum atomic E-state index is 9.73. The lowest BCUT2D eigenvalue weighted by Crippen LogP contribution is -1.98. The number of rotatable bonds is 4. The van der Waals surface area contributed by atoms with Crippen molar-refractivity contribution in [2.24, 2.45) is 0 Å². The summed E-state index contributed by atoms with van der Waals surface area (Å²) < 4.78 is 5.67. The largest absolute Gasteiger partial charge is 0.501 e. The van der Waals surface area contributed by atoms with E-state index in [1.165, 1.54) is 0 Å². The van der Waals surface area contributed by atoms with Gasteiger partial charge in [0.1, 0.15) is 12.4 Å². The van der Waals surface area contributed by atoms with Crippen LogP contribution in [0.15, 0.2) is 60.8 Å². The van der Waals surface area contributed by atoms with Gasteiger partial charge in [0.25, 0.3) is 0 Å². The second-order valence-electron chi connectivity index (χ2n) is 3.90. The van der Waals surface area contributed by atoms with Crippen molar-refractivity contribution >= 4 is 5.76 Å². The van der Waals surface area contributed by atoms with Gasteiger partial charge >= 0.3 is 6.20 Å². The van der Waals surface area contributed by atoms with Crippen molar-refractivity contribution in [1.82, 2.24) is 0 Å². The van der Waals surface area contributed by atoms with Gasteiger partial charge in [-0.15, -0.1) is 0 Å². The quantitative estimate of drug-likeness (QED) is 0.662. The van der Waals surface area contributed by atoms with Crippen LogP contribution >= 0.6 is 0 Å². The number of diazo groups is 1. The topological polar surface area (TPSA) is 57.6 Å². The van der Waals surface area contributed by atoms with Gasteiger partial charge in [0.15, 0.2) is 4.98 Å². The van der Waals surface area contributed by atoms with Crippen molar-refractivity contribution in [1.29, 1.82) is 5.39 Å². The van der Waals surface area contributed by atoms with Gasteiger partial charge in [-0.3, -0.25) is 0 Å². The number of hydrogen-bond acceptors (Lipinski definition) is 3. The predicted molar refractivity (Wildman–Crippen MR) is 72.9 cm³/mol. The minimum absolute atomic E-state index is 0.147. The molecule has 1 N–H and O–H groups in total.